The molecule has 0 aromatic carbocycles. The molecule has 1 heterocycles. The predicted octanol–water partition coefficient (Wildman–Crippen LogP) is 2.14. The van der Waals surface area contributed by atoms with Crippen LogP contribution in [0.15, 0.2) is 6.20 Å². The number of hydrogen-bond donors (Lipinski definition) is 3. The predicted molar refractivity (Wildman–Crippen MR) is 79.8 cm³/mol. The Morgan fingerprint density at radius 2 is 2.05 bits per heavy atom. The van der Waals surface area contributed by atoms with Crippen molar-refractivity contribution in [3.63, 3.8) is 0 Å². The summed E-state index contributed by atoms with van der Waals surface area (Å²) >= 11 is 0. The lowest BCUT2D eigenvalue weighted by Crippen LogP contribution is -2.25. The van der Waals surface area contributed by atoms with Gasteiger partial charge in [0.1, 0.15) is 5.82 Å². The lowest BCUT2D eigenvalue weighted by Gasteiger charge is -2.23. The highest BCUT2D eigenvalue weighted by Gasteiger charge is 2.17. The molecule has 0 aliphatic heterocycles. The van der Waals surface area contributed by atoms with Crippen molar-refractivity contribution in [3.05, 3.63) is 11.8 Å². The maximum Gasteiger partial charge on any atom is 0.254 e. The Labute approximate surface area is 119 Å². The Morgan fingerprint density at radius 1 is 1.35 bits per heavy atom. The zero-order chi connectivity index (χ0) is 14.5. The third-order valence-electron chi connectivity index (χ3n) is 3.42. The third kappa shape index (κ3) is 3.82. The zero-order valence-electron chi connectivity index (χ0n) is 12.1. The molecule has 0 radical (unpaired) electrons. The number of carbonyl (C=O) groups excluding carboxylic acids is 1. The molecule has 1 aliphatic rings. The Morgan fingerprint density at radius 3 is 2.65 bits per heavy atom. The molecule has 2 rings (SSSR count). The number of carbonyl (C=O) groups is 1. The molecule has 1 aromatic rings. The van der Waals surface area contributed by atoms with Gasteiger partial charge in [-0.2, -0.15) is 4.98 Å². The molecule has 1 fully saturated rings. The van der Waals surface area contributed by atoms with Gasteiger partial charge < -0.3 is 16.4 Å². The SMILES string of the molecule is CC(C)Nc1nc(NC2CCCCC2)ncc1C(N)=O. The largest absolute Gasteiger partial charge is 0.367 e. The highest BCUT2D eigenvalue weighted by atomic mass is 16.1. The summed E-state index contributed by atoms with van der Waals surface area (Å²) in [6, 6.07) is 0.598. The smallest absolute Gasteiger partial charge is 0.254 e. The van der Waals surface area contributed by atoms with Crippen molar-refractivity contribution in [2.45, 2.75) is 58.0 Å². The first-order chi connectivity index (χ1) is 9.56. The van der Waals surface area contributed by atoms with Crippen molar-refractivity contribution < 1.29 is 4.79 Å². The van der Waals surface area contributed by atoms with Gasteiger partial charge in [-0.05, 0) is 26.7 Å². The first-order valence-corrected chi connectivity index (χ1v) is 7.26. The van der Waals surface area contributed by atoms with Gasteiger partial charge in [0.15, 0.2) is 0 Å². The first kappa shape index (κ1) is 14.6. The second-order valence-electron chi connectivity index (χ2n) is 5.60. The van der Waals surface area contributed by atoms with Gasteiger partial charge in [0.2, 0.25) is 5.95 Å². The second kappa shape index (κ2) is 6.54. The van der Waals surface area contributed by atoms with Crippen molar-refractivity contribution in [1.29, 1.82) is 0 Å². The summed E-state index contributed by atoms with van der Waals surface area (Å²) in [5.74, 6) is 0.545. The molecule has 1 saturated carbocycles. The summed E-state index contributed by atoms with van der Waals surface area (Å²) in [7, 11) is 0. The van der Waals surface area contributed by atoms with Gasteiger partial charge in [-0.1, -0.05) is 19.3 Å². The summed E-state index contributed by atoms with van der Waals surface area (Å²) in [6.45, 7) is 3.97. The van der Waals surface area contributed by atoms with Crippen LogP contribution in [-0.4, -0.2) is 28.0 Å². The number of amides is 1. The van der Waals surface area contributed by atoms with Crippen LogP contribution in [0.1, 0.15) is 56.3 Å². The van der Waals surface area contributed by atoms with E-state index >= 15 is 0 Å². The van der Waals surface area contributed by atoms with E-state index in [-0.39, 0.29) is 6.04 Å². The van der Waals surface area contributed by atoms with Gasteiger partial charge in [0.05, 0.1) is 5.56 Å². The molecule has 6 nitrogen and oxygen atoms in total. The molecule has 0 unspecified atom stereocenters. The van der Waals surface area contributed by atoms with Crippen LogP contribution in [0.25, 0.3) is 0 Å². The molecule has 0 spiro atoms. The van der Waals surface area contributed by atoms with Gasteiger partial charge in [-0.15, -0.1) is 0 Å². The van der Waals surface area contributed by atoms with Gasteiger partial charge >= 0.3 is 0 Å². The second-order valence-corrected chi connectivity index (χ2v) is 5.60. The summed E-state index contributed by atoms with van der Waals surface area (Å²) in [5, 5.41) is 6.49. The van der Waals surface area contributed by atoms with E-state index in [9.17, 15) is 4.79 Å². The van der Waals surface area contributed by atoms with Crippen LogP contribution >= 0.6 is 0 Å². The Bertz CT molecular complexity index is 469. The normalized spacial score (nSPS) is 16.1. The first-order valence-electron chi connectivity index (χ1n) is 7.26. The van der Waals surface area contributed by atoms with E-state index in [0.29, 0.717) is 23.4 Å². The zero-order valence-corrected chi connectivity index (χ0v) is 12.1. The van der Waals surface area contributed by atoms with E-state index in [1.165, 1.54) is 25.5 Å². The molecule has 1 aromatic heterocycles. The molecule has 6 heteroatoms. The molecule has 0 bridgehead atoms. The number of hydrogen-bond acceptors (Lipinski definition) is 5. The van der Waals surface area contributed by atoms with Crippen molar-refractivity contribution in [2.24, 2.45) is 5.73 Å². The van der Waals surface area contributed by atoms with E-state index < -0.39 is 5.91 Å². The summed E-state index contributed by atoms with van der Waals surface area (Å²) in [6.07, 6.45) is 7.58. The van der Waals surface area contributed by atoms with Crippen LogP contribution in [0.2, 0.25) is 0 Å². The number of rotatable bonds is 5. The fourth-order valence-corrected chi connectivity index (χ4v) is 2.44. The molecule has 0 atom stereocenters. The number of anilines is 2. The lowest BCUT2D eigenvalue weighted by atomic mass is 9.96. The van der Waals surface area contributed by atoms with Crippen LogP contribution in [0.4, 0.5) is 11.8 Å². The van der Waals surface area contributed by atoms with E-state index in [1.807, 2.05) is 13.8 Å². The van der Waals surface area contributed by atoms with E-state index in [4.69, 9.17) is 5.73 Å². The quantitative estimate of drug-likeness (QED) is 0.766. The van der Waals surface area contributed by atoms with Gasteiger partial charge in [0.25, 0.3) is 5.91 Å². The monoisotopic (exact) mass is 277 g/mol. The Balaban J connectivity index is 2.15. The van der Waals surface area contributed by atoms with Crippen molar-refractivity contribution in [3.8, 4) is 0 Å². The maximum absolute atomic E-state index is 11.4. The third-order valence-corrected chi connectivity index (χ3v) is 3.42. The summed E-state index contributed by atoms with van der Waals surface area (Å²) in [5.41, 5.74) is 5.67. The standard InChI is InChI=1S/C14H23N5O/c1-9(2)17-13-11(12(15)20)8-16-14(19-13)18-10-6-4-3-5-7-10/h8-10H,3-7H2,1-2H3,(H2,15,20)(H2,16,17,18,19). The molecule has 1 aliphatic carbocycles. The van der Waals surface area contributed by atoms with Crippen molar-refractivity contribution >= 4 is 17.7 Å². The highest BCUT2D eigenvalue weighted by Crippen LogP contribution is 2.21. The van der Waals surface area contributed by atoms with Crippen molar-refractivity contribution in [1.82, 2.24) is 9.97 Å². The molecule has 4 N–H and O–H groups in total. The minimum atomic E-state index is -0.516. The molecule has 0 saturated heterocycles. The Kier molecular flexibility index (Phi) is 4.76. The average molecular weight is 277 g/mol. The highest BCUT2D eigenvalue weighted by molar-refractivity contribution is 5.97. The number of nitrogens with zero attached hydrogens (tertiary/aromatic N) is 2. The van der Waals surface area contributed by atoms with Gasteiger partial charge in [0, 0.05) is 18.3 Å². The number of nitrogens with two attached hydrogens (primary N) is 1. The summed E-state index contributed by atoms with van der Waals surface area (Å²) < 4.78 is 0. The Hall–Kier alpha value is -1.85. The number of nitrogens with one attached hydrogen (secondary N) is 2. The molecular formula is C14H23N5O. The number of primary amides is 1. The lowest BCUT2D eigenvalue weighted by molar-refractivity contribution is 0.100. The minimum absolute atomic E-state index is 0.172. The molecule has 110 valence electrons. The average Bonchev–Trinajstić information content (AvgIpc) is 2.39. The maximum atomic E-state index is 11.4. The van der Waals surface area contributed by atoms with Crippen molar-refractivity contribution in [2.75, 3.05) is 10.6 Å². The van der Waals surface area contributed by atoms with Crippen LogP contribution in [0.5, 0.6) is 0 Å². The summed E-state index contributed by atoms with van der Waals surface area (Å²) in [4.78, 5) is 20.0. The van der Waals surface area contributed by atoms with Gasteiger partial charge in [-0.25, -0.2) is 4.98 Å². The molecule has 1 amide bonds. The van der Waals surface area contributed by atoms with Crippen LogP contribution < -0.4 is 16.4 Å². The van der Waals surface area contributed by atoms with E-state index in [0.717, 1.165) is 12.8 Å². The van der Waals surface area contributed by atoms with Crippen LogP contribution in [-0.2, 0) is 0 Å². The fourth-order valence-electron chi connectivity index (χ4n) is 2.44. The topological polar surface area (TPSA) is 92.9 Å². The van der Waals surface area contributed by atoms with Gasteiger partial charge in [-0.3, -0.25) is 4.79 Å². The van der Waals surface area contributed by atoms with E-state index in [2.05, 4.69) is 20.6 Å². The molecular weight excluding hydrogens is 254 g/mol. The van der Waals surface area contributed by atoms with Crippen LogP contribution in [0.3, 0.4) is 0 Å². The fraction of sp³-hybridized carbons (Fsp3) is 0.643. The molecule has 20 heavy (non-hydrogen) atoms. The van der Waals surface area contributed by atoms with Crippen LogP contribution in [0, 0.1) is 0 Å². The minimum Gasteiger partial charge on any atom is -0.367 e. The van der Waals surface area contributed by atoms with E-state index in [1.54, 1.807) is 0 Å². The number of aromatic nitrogens is 2.